The Morgan fingerprint density at radius 2 is 2.18 bits per heavy atom. The zero-order valence-electron chi connectivity index (χ0n) is 8.75. The van der Waals surface area contributed by atoms with Gasteiger partial charge in [0.05, 0.1) is 11.6 Å². The van der Waals surface area contributed by atoms with Gasteiger partial charge in [0.15, 0.2) is 5.75 Å². The standard InChI is InChI=1S/C10H10N2O4S/c11-5-8-2-1-3-9(4-8)6-12-17(15,16)7-10(13)14/h1-4,12H,6-7H2,(H,13,14). The number of sulfonamides is 1. The van der Waals surface area contributed by atoms with Gasteiger partial charge in [0.2, 0.25) is 10.0 Å². The molecule has 1 aromatic rings. The number of hydrogen-bond donors (Lipinski definition) is 2. The second-order valence-electron chi connectivity index (χ2n) is 3.29. The number of carboxylic acids is 1. The van der Waals surface area contributed by atoms with Gasteiger partial charge in [-0.25, -0.2) is 13.1 Å². The van der Waals surface area contributed by atoms with E-state index < -0.39 is 21.7 Å². The van der Waals surface area contributed by atoms with Crippen molar-refractivity contribution in [3.05, 3.63) is 35.4 Å². The van der Waals surface area contributed by atoms with E-state index in [4.69, 9.17) is 10.4 Å². The smallest absolute Gasteiger partial charge is 0.320 e. The lowest BCUT2D eigenvalue weighted by Gasteiger charge is -2.04. The maximum absolute atomic E-state index is 11.2. The van der Waals surface area contributed by atoms with Crippen molar-refractivity contribution < 1.29 is 18.3 Å². The Bertz CT molecular complexity index is 560. The molecule has 90 valence electrons. The molecule has 0 heterocycles. The first-order valence-electron chi connectivity index (χ1n) is 4.61. The summed E-state index contributed by atoms with van der Waals surface area (Å²) in [7, 11) is -3.83. The summed E-state index contributed by atoms with van der Waals surface area (Å²) in [5.74, 6) is -2.38. The van der Waals surface area contributed by atoms with Gasteiger partial charge >= 0.3 is 5.97 Å². The first-order valence-corrected chi connectivity index (χ1v) is 6.26. The highest BCUT2D eigenvalue weighted by Gasteiger charge is 2.14. The summed E-state index contributed by atoms with van der Waals surface area (Å²) in [4.78, 5) is 10.3. The Kier molecular flexibility index (Phi) is 4.20. The van der Waals surface area contributed by atoms with Crippen LogP contribution >= 0.6 is 0 Å². The molecule has 0 spiro atoms. The van der Waals surface area contributed by atoms with Crippen LogP contribution in [-0.2, 0) is 21.4 Å². The average molecular weight is 254 g/mol. The molecule has 0 aliphatic heterocycles. The average Bonchev–Trinajstić information content (AvgIpc) is 2.25. The monoisotopic (exact) mass is 254 g/mol. The fourth-order valence-electron chi connectivity index (χ4n) is 1.16. The minimum Gasteiger partial charge on any atom is -0.480 e. The van der Waals surface area contributed by atoms with Crippen LogP contribution in [0.25, 0.3) is 0 Å². The van der Waals surface area contributed by atoms with Gasteiger partial charge in [0.25, 0.3) is 0 Å². The quantitative estimate of drug-likeness (QED) is 0.772. The Balaban J connectivity index is 2.68. The third kappa shape index (κ3) is 4.63. The lowest BCUT2D eigenvalue weighted by Crippen LogP contribution is -2.29. The van der Waals surface area contributed by atoms with Crippen molar-refractivity contribution in [2.24, 2.45) is 0 Å². The van der Waals surface area contributed by atoms with E-state index >= 15 is 0 Å². The number of nitriles is 1. The highest BCUT2D eigenvalue weighted by molar-refractivity contribution is 7.90. The van der Waals surface area contributed by atoms with Gasteiger partial charge in [-0.2, -0.15) is 5.26 Å². The van der Waals surface area contributed by atoms with Crippen molar-refractivity contribution in [3.63, 3.8) is 0 Å². The van der Waals surface area contributed by atoms with E-state index in [9.17, 15) is 13.2 Å². The third-order valence-corrected chi connectivity index (χ3v) is 3.08. The minimum absolute atomic E-state index is 0.0366. The predicted molar refractivity (Wildman–Crippen MR) is 59.4 cm³/mol. The Morgan fingerprint density at radius 1 is 1.47 bits per heavy atom. The number of hydrogen-bond acceptors (Lipinski definition) is 4. The molecule has 0 aliphatic rings. The number of carboxylic acid groups (broad SMARTS) is 1. The molecule has 1 aromatic carbocycles. The maximum atomic E-state index is 11.2. The van der Waals surface area contributed by atoms with Crippen molar-refractivity contribution in [3.8, 4) is 6.07 Å². The highest BCUT2D eigenvalue weighted by Crippen LogP contribution is 2.04. The topological polar surface area (TPSA) is 107 Å². The molecule has 0 unspecified atom stereocenters. The molecule has 2 N–H and O–H groups in total. The normalized spacial score (nSPS) is 10.8. The van der Waals surface area contributed by atoms with E-state index in [1.165, 1.54) is 6.07 Å². The minimum atomic E-state index is -3.83. The second-order valence-corrected chi connectivity index (χ2v) is 5.09. The fourth-order valence-corrected chi connectivity index (χ4v) is 1.97. The van der Waals surface area contributed by atoms with Crippen LogP contribution in [0.2, 0.25) is 0 Å². The Morgan fingerprint density at radius 3 is 2.76 bits per heavy atom. The molecule has 0 aliphatic carbocycles. The predicted octanol–water partition coefficient (Wildman–Crippen LogP) is 0.0623. The van der Waals surface area contributed by atoms with Crippen molar-refractivity contribution in [2.75, 3.05) is 5.75 Å². The molecular weight excluding hydrogens is 244 g/mol. The highest BCUT2D eigenvalue weighted by atomic mass is 32.2. The first-order chi connectivity index (χ1) is 7.93. The molecule has 0 fully saturated rings. The molecule has 7 heteroatoms. The number of nitrogens with zero attached hydrogens (tertiary/aromatic N) is 1. The number of carbonyl (C=O) groups is 1. The van der Waals surface area contributed by atoms with Crippen LogP contribution in [-0.4, -0.2) is 25.2 Å². The lowest BCUT2D eigenvalue weighted by molar-refractivity contribution is -0.134. The second kappa shape index (κ2) is 5.43. The number of rotatable bonds is 5. The largest absolute Gasteiger partial charge is 0.480 e. The number of benzene rings is 1. The van der Waals surface area contributed by atoms with Crippen LogP contribution in [0.1, 0.15) is 11.1 Å². The zero-order chi connectivity index (χ0) is 12.9. The van der Waals surface area contributed by atoms with Gasteiger partial charge < -0.3 is 5.11 Å². The fraction of sp³-hybridized carbons (Fsp3) is 0.200. The summed E-state index contributed by atoms with van der Waals surface area (Å²) < 4.78 is 24.6. The van der Waals surface area contributed by atoms with Gasteiger partial charge in [0.1, 0.15) is 0 Å². The summed E-state index contributed by atoms with van der Waals surface area (Å²) in [6, 6.07) is 8.32. The SMILES string of the molecule is N#Cc1cccc(CNS(=O)(=O)CC(=O)O)c1. The van der Waals surface area contributed by atoms with E-state index in [1.807, 2.05) is 6.07 Å². The van der Waals surface area contributed by atoms with Crippen molar-refractivity contribution >= 4 is 16.0 Å². The Labute approximate surface area is 98.6 Å². The zero-order valence-corrected chi connectivity index (χ0v) is 9.57. The van der Waals surface area contributed by atoms with Crippen LogP contribution in [0, 0.1) is 11.3 Å². The molecule has 0 aromatic heterocycles. The molecule has 0 saturated heterocycles. The molecule has 0 radical (unpaired) electrons. The molecular formula is C10H10N2O4S. The van der Waals surface area contributed by atoms with E-state index in [0.29, 0.717) is 11.1 Å². The molecule has 0 amide bonds. The summed E-state index contributed by atoms with van der Waals surface area (Å²) in [6.45, 7) is -0.0366. The van der Waals surface area contributed by atoms with E-state index in [0.717, 1.165) is 0 Å². The van der Waals surface area contributed by atoms with Gasteiger partial charge in [-0.05, 0) is 17.7 Å². The van der Waals surface area contributed by atoms with Crippen LogP contribution in [0.4, 0.5) is 0 Å². The van der Waals surface area contributed by atoms with Gasteiger partial charge in [-0.1, -0.05) is 12.1 Å². The van der Waals surface area contributed by atoms with Crippen LogP contribution in [0.5, 0.6) is 0 Å². The molecule has 0 saturated carbocycles. The molecule has 0 atom stereocenters. The van der Waals surface area contributed by atoms with E-state index in [1.54, 1.807) is 18.2 Å². The molecule has 17 heavy (non-hydrogen) atoms. The van der Waals surface area contributed by atoms with E-state index in [2.05, 4.69) is 4.72 Å². The summed E-state index contributed by atoms with van der Waals surface area (Å²) >= 11 is 0. The van der Waals surface area contributed by atoms with Crippen molar-refractivity contribution in [1.82, 2.24) is 4.72 Å². The van der Waals surface area contributed by atoms with Crippen LogP contribution in [0.3, 0.4) is 0 Å². The van der Waals surface area contributed by atoms with Gasteiger partial charge in [-0.3, -0.25) is 4.79 Å². The molecule has 0 bridgehead atoms. The van der Waals surface area contributed by atoms with E-state index in [-0.39, 0.29) is 6.54 Å². The van der Waals surface area contributed by atoms with Crippen molar-refractivity contribution in [1.29, 1.82) is 5.26 Å². The molecule has 6 nitrogen and oxygen atoms in total. The third-order valence-electron chi connectivity index (χ3n) is 1.87. The Hall–Kier alpha value is -1.91. The molecule has 1 rings (SSSR count). The van der Waals surface area contributed by atoms with Gasteiger partial charge in [-0.15, -0.1) is 0 Å². The maximum Gasteiger partial charge on any atom is 0.320 e. The summed E-state index contributed by atoms with van der Waals surface area (Å²) in [5.41, 5.74) is 1.01. The summed E-state index contributed by atoms with van der Waals surface area (Å²) in [5, 5.41) is 17.0. The number of nitrogens with one attached hydrogen (secondary N) is 1. The van der Waals surface area contributed by atoms with Crippen LogP contribution < -0.4 is 4.72 Å². The van der Waals surface area contributed by atoms with Crippen molar-refractivity contribution in [2.45, 2.75) is 6.54 Å². The van der Waals surface area contributed by atoms with Crippen LogP contribution in [0.15, 0.2) is 24.3 Å². The summed E-state index contributed by atoms with van der Waals surface area (Å²) in [6.07, 6.45) is 0. The lowest BCUT2D eigenvalue weighted by atomic mass is 10.1. The first kappa shape index (κ1) is 13.2. The van der Waals surface area contributed by atoms with Gasteiger partial charge in [0, 0.05) is 6.54 Å². The number of aliphatic carboxylic acids is 1.